The smallest absolute Gasteiger partial charge is 0.239 e. The van der Waals surface area contributed by atoms with Crippen LogP contribution in [0.4, 0.5) is 5.13 Å². The van der Waals surface area contributed by atoms with E-state index in [0.717, 1.165) is 16.0 Å². The number of aromatic nitrogens is 4. The fourth-order valence-corrected chi connectivity index (χ4v) is 4.78. The van der Waals surface area contributed by atoms with Gasteiger partial charge in [0.25, 0.3) is 0 Å². The van der Waals surface area contributed by atoms with Crippen LogP contribution in [0, 0.1) is 13.8 Å². The quantitative estimate of drug-likeness (QED) is 0.284. The lowest BCUT2D eigenvalue weighted by Crippen LogP contribution is -2.22. The average molecular weight is 470 g/mol. The average Bonchev–Trinajstić information content (AvgIpc) is 3.45. The lowest BCUT2D eigenvalue weighted by Gasteiger charge is -2.11. The number of hydrogen-bond donors (Lipinski definition) is 1. The van der Waals surface area contributed by atoms with Crippen LogP contribution in [0.2, 0.25) is 0 Å². The van der Waals surface area contributed by atoms with Crippen LogP contribution in [-0.2, 0) is 11.3 Å². The lowest BCUT2D eigenvalue weighted by atomic mass is 10.2. The number of para-hydroxylation sites is 1. The Hall–Kier alpha value is -3.11. The molecule has 3 heterocycles. The molecule has 3 aromatic heterocycles. The van der Waals surface area contributed by atoms with Gasteiger partial charge >= 0.3 is 0 Å². The number of benzene rings is 1. The van der Waals surface area contributed by atoms with Gasteiger partial charge in [0.05, 0.1) is 18.1 Å². The van der Waals surface area contributed by atoms with E-state index in [1.807, 2.05) is 49.6 Å². The van der Waals surface area contributed by atoms with E-state index in [9.17, 15) is 4.79 Å². The van der Waals surface area contributed by atoms with Crippen molar-refractivity contribution in [2.45, 2.75) is 37.7 Å². The summed E-state index contributed by atoms with van der Waals surface area (Å²) in [6, 6.07) is 7.60. The molecule has 0 fully saturated rings. The van der Waals surface area contributed by atoms with E-state index in [1.54, 1.807) is 13.2 Å². The number of aryl methyl sites for hydroxylation is 2. The molecular weight excluding hydrogens is 446 g/mol. The van der Waals surface area contributed by atoms with Gasteiger partial charge in [-0.1, -0.05) is 30.0 Å². The topological polar surface area (TPSA) is 95.1 Å². The molecule has 166 valence electrons. The number of fused-ring (bicyclic) bond motifs is 1. The van der Waals surface area contributed by atoms with E-state index in [1.165, 1.54) is 23.1 Å². The maximum atomic E-state index is 12.7. The van der Waals surface area contributed by atoms with Crippen molar-refractivity contribution in [3.8, 4) is 17.3 Å². The number of anilines is 1. The molecule has 0 unspecified atom stereocenters. The van der Waals surface area contributed by atoms with Crippen LogP contribution in [-0.4, -0.2) is 38.0 Å². The Balaban J connectivity index is 1.59. The Kier molecular flexibility index (Phi) is 6.33. The standard InChI is InChI=1S/C22H23N5O3S2/c1-6-10-27-19(17-11-15-8-7-9-16(29-5)18(15)30-17)25-26-22(27)32-14(4)20(28)24-21-23-12(2)13(3)31-21/h6-9,11,14H,1,10H2,2-5H3,(H,23,24,28)/t14-/m0/s1. The summed E-state index contributed by atoms with van der Waals surface area (Å²) in [5.41, 5.74) is 1.57. The normalized spacial score (nSPS) is 12.1. The molecule has 0 saturated carbocycles. The zero-order valence-corrected chi connectivity index (χ0v) is 19.8. The molecule has 0 aliphatic heterocycles. The van der Waals surface area contributed by atoms with Gasteiger partial charge in [-0.05, 0) is 32.9 Å². The van der Waals surface area contributed by atoms with Crippen LogP contribution in [0.1, 0.15) is 17.5 Å². The van der Waals surface area contributed by atoms with Crippen molar-refractivity contribution in [3.05, 3.63) is 47.5 Å². The first kappa shape index (κ1) is 22.1. The van der Waals surface area contributed by atoms with E-state index in [4.69, 9.17) is 9.15 Å². The van der Waals surface area contributed by atoms with Gasteiger partial charge in [-0.15, -0.1) is 28.1 Å². The van der Waals surface area contributed by atoms with Crippen molar-refractivity contribution in [1.29, 1.82) is 0 Å². The predicted octanol–water partition coefficient (Wildman–Crippen LogP) is 5.08. The zero-order valence-electron chi connectivity index (χ0n) is 18.2. The minimum atomic E-state index is -0.407. The first-order valence-electron chi connectivity index (χ1n) is 9.93. The second-order valence-corrected chi connectivity index (χ2v) is 9.62. The minimum Gasteiger partial charge on any atom is -0.493 e. The number of amides is 1. The molecule has 1 amide bonds. The van der Waals surface area contributed by atoms with Crippen LogP contribution in [0.25, 0.3) is 22.6 Å². The summed E-state index contributed by atoms with van der Waals surface area (Å²) in [6.07, 6.45) is 1.76. The molecule has 0 aliphatic carbocycles. The monoisotopic (exact) mass is 469 g/mol. The van der Waals surface area contributed by atoms with Crippen molar-refractivity contribution in [2.75, 3.05) is 12.4 Å². The number of allylic oxidation sites excluding steroid dienone is 1. The second kappa shape index (κ2) is 9.17. The second-order valence-electron chi connectivity index (χ2n) is 7.10. The summed E-state index contributed by atoms with van der Waals surface area (Å²) < 4.78 is 13.3. The number of thiazole rings is 1. The largest absolute Gasteiger partial charge is 0.493 e. The molecule has 8 nitrogen and oxygen atoms in total. The summed E-state index contributed by atoms with van der Waals surface area (Å²) >= 11 is 2.78. The number of ether oxygens (including phenoxy) is 1. The maximum absolute atomic E-state index is 12.7. The highest BCUT2D eigenvalue weighted by atomic mass is 32.2. The van der Waals surface area contributed by atoms with Gasteiger partial charge < -0.3 is 14.5 Å². The van der Waals surface area contributed by atoms with Crippen molar-refractivity contribution in [2.24, 2.45) is 0 Å². The van der Waals surface area contributed by atoms with Crippen molar-refractivity contribution >= 4 is 45.1 Å². The van der Waals surface area contributed by atoms with Crippen LogP contribution in [0.5, 0.6) is 5.75 Å². The Morgan fingerprint density at radius 2 is 2.22 bits per heavy atom. The fourth-order valence-electron chi connectivity index (χ4n) is 3.10. The molecule has 4 rings (SSSR count). The molecule has 0 bridgehead atoms. The summed E-state index contributed by atoms with van der Waals surface area (Å²) in [6.45, 7) is 10.0. The van der Waals surface area contributed by atoms with E-state index >= 15 is 0 Å². The molecule has 1 aromatic carbocycles. The van der Waals surface area contributed by atoms with Crippen LogP contribution in [0.3, 0.4) is 0 Å². The Morgan fingerprint density at radius 3 is 2.91 bits per heavy atom. The number of carbonyl (C=O) groups excluding carboxylic acids is 1. The third kappa shape index (κ3) is 4.28. The highest BCUT2D eigenvalue weighted by molar-refractivity contribution is 8.00. The SMILES string of the molecule is C=CCn1c(S[C@@H](C)C(=O)Nc2nc(C)c(C)s2)nnc1-c1cc2cccc(OC)c2o1. The minimum absolute atomic E-state index is 0.146. The molecule has 0 aliphatic rings. The van der Waals surface area contributed by atoms with Crippen LogP contribution < -0.4 is 10.1 Å². The van der Waals surface area contributed by atoms with Gasteiger partial charge in [0.1, 0.15) is 0 Å². The molecule has 1 atom stereocenters. The van der Waals surface area contributed by atoms with Gasteiger partial charge in [0.15, 0.2) is 27.4 Å². The van der Waals surface area contributed by atoms with E-state index in [-0.39, 0.29) is 5.91 Å². The van der Waals surface area contributed by atoms with Crippen LogP contribution >= 0.6 is 23.1 Å². The molecule has 0 spiro atoms. The van der Waals surface area contributed by atoms with Crippen molar-refractivity contribution in [3.63, 3.8) is 0 Å². The third-order valence-corrected chi connectivity index (χ3v) is 6.96. The zero-order chi connectivity index (χ0) is 22.8. The molecule has 10 heteroatoms. The van der Waals surface area contributed by atoms with E-state index in [2.05, 4.69) is 27.1 Å². The first-order chi connectivity index (χ1) is 15.4. The third-order valence-electron chi connectivity index (χ3n) is 4.89. The summed E-state index contributed by atoms with van der Waals surface area (Å²) in [7, 11) is 1.60. The van der Waals surface area contributed by atoms with Gasteiger partial charge in [-0.25, -0.2) is 4.98 Å². The summed E-state index contributed by atoms with van der Waals surface area (Å²) in [5, 5.41) is 13.2. The Morgan fingerprint density at radius 1 is 1.41 bits per heavy atom. The van der Waals surface area contributed by atoms with Gasteiger partial charge in [0, 0.05) is 16.8 Å². The van der Waals surface area contributed by atoms with Crippen molar-refractivity contribution < 1.29 is 13.9 Å². The number of nitrogens with one attached hydrogen (secondary N) is 1. The van der Waals surface area contributed by atoms with E-state index < -0.39 is 5.25 Å². The maximum Gasteiger partial charge on any atom is 0.239 e. The fraction of sp³-hybridized carbons (Fsp3) is 0.273. The first-order valence-corrected chi connectivity index (χ1v) is 11.6. The van der Waals surface area contributed by atoms with E-state index in [0.29, 0.717) is 39.7 Å². The number of hydrogen-bond acceptors (Lipinski definition) is 8. The highest BCUT2D eigenvalue weighted by Crippen LogP contribution is 2.34. The van der Waals surface area contributed by atoms with Crippen molar-refractivity contribution in [1.82, 2.24) is 19.7 Å². The number of rotatable bonds is 8. The summed E-state index contributed by atoms with van der Waals surface area (Å²) in [5.74, 6) is 1.63. The molecule has 4 aromatic rings. The van der Waals surface area contributed by atoms with Crippen LogP contribution in [0.15, 0.2) is 46.5 Å². The number of carbonyl (C=O) groups is 1. The molecule has 1 N–H and O–H groups in total. The number of methoxy groups -OCH3 is 1. The number of thioether (sulfide) groups is 1. The number of nitrogens with zero attached hydrogens (tertiary/aromatic N) is 4. The number of furan rings is 1. The van der Waals surface area contributed by atoms with Gasteiger partial charge in [0.2, 0.25) is 11.7 Å². The molecule has 32 heavy (non-hydrogen) atoms. The highest BCUT2D eigenvalue weighted by Gasteiger charge is 2.23. The Bertz CT molecular complexity index is 1270. The lowest BCUT2D eigenvalue weighted by molar-refractivity contribution is -0.115. The predicted molar refractivity (Wildman–Crippen MR) is 128 cm³/mol. The van der Waals surface area contributed by atoms with Gasteiger partial charge in [-0.3, -0.25) is 9.36 Å². The summed E-state index contributed by atoms with van der Waals surface area (Å²) in [4.78, 5) is 18.2. The molecule has 0 radical (unpaired) electrons. The molecular formula is C22H23N5O3S2. The molecule has 0 saturated heterocycles. The Labute approximate surface area is 193 Å². The van der Waals surface area contributed by atoms with Gasteiger partial charge in [-0.2, -0.15) is 0 Å².